The van der Waals surface area contributed by atoms with Crippen molar-refractivity contribution in [3.8, 4) is 5.75 Å². The highest BCUT2D eigenvalue weighted by Crippen LogP contribution is 2.15. The molecule has 138 valence electrons. The molecule has 1 aromatic heterocycles. The van der Waals surface area contributed by atoms with E-state index in [1.165, 1.54) is 0 Å². The van der Waals surface area contributed by atoms with Gasteiger partial charge in [-0.05, 0) is 42.3 Å². The number of carbonyl (C=O) groups is 2. The fourth-order valence-corrected chi connectivity index (χ4v) is 3.24. The number of ether oxygens (including phenoxy) is 1. The number of nitrogens with zero attached hydrogens (tertiary/aromatic N) is 3. The average Bonchev–Trinajstić information content (AvgIpc) is 2.92. The third kappa shape index (κ3) is 4.25. The van der Waals surface area contributed by atoms with Crippen LogP contribution in [0.1, 0.15) is 22.3 Å². The molecule has 0 saturated carbocycles. The van der Waals surface area contributed by atoms with Crippen molar-refractivity contribution in [3.63, 3.8) is 0 Å². The van der Waals surface area contributed by atoms with Gasteiger partial charge in [-0.25, -0.2) is 0 Å². The standard InChI is InChI=1S/C20H25N3O3/c1-21-11-8-16(15-21)14-19(24)22-9-3-10-23(13-12-22)20(25)17-4-6-18(26-2)7-5-17/h4-8,11,15H,3,9-10,12-14H2,1-2H3. The van der Waals surface area contributed by atoms with Gasteiger partial charge in [0.15, 0.2) is 0 Å². The molecule has 2 amide bonds. The molecule has 1 fully saturated rings. The molecule has 0 unspecified atom stereocenters. The Labute approximate surface area is 154 Å². The fraction of sp³-hybridized carbons (Fsp3) is 0.400. The number of benzene rings is 1. The Bertz CT molecular complexity index is 767. The van der Waals surface area contributed by atoms with Gasteiger partial charge in [-0.15, -0.1) is 0 Å². The lowest BCUT2D eigenvalue weighted by Gasteiger charge is -2.22. The van der Waals surface area contributed by atoms with Crippen LogP contribution in [0, 0.1) is 0 Å². The minimum absolute atomic E-state index is 0.00464. The minimum Gasteiger partial charge on any atom is -0.497 e. The van der Waals surface area contributed by atoms with Crippen LogP contribution in [0.5, 0.6) is 5.75 Å². The molecule has 26 heavy (non-hydrogen) atoms. The number of amides is 2. The van der Waals surface area contributed by atoms with Crippen LogP contribution in [-0.2, 0) is 18.3 Å². The topological polar surface area (TPSA) is 54.8 Å². The third-order valence-electron chi connectivity index (χ3n) is 4.72. The Balaban J connectivity index is 1.58. The highest BCUT2D eigenvalue weighted by Gasteiger charge is 2.23. The maximum atomic E-state index is 12.7. The number of carbonyl (C=O) groups excluding carboxylic acids is 2. The summed E-state index contributed by atoms with van der Waals surface area (Å²) in [5, 5.41) is 0. The molecule has 1 aromatic carbocycles. The zero-order valence-electron chi connectivity index (χ0n) is 15.4. The van der Waals surface area contributed by atoms with Crippen LogP contribution >= 0.6 is 0 Å². The fourth-order valence-electron chi connectivity index (χ4n) is 3.24. The normalized spacial score (nSPS) is 14.8. The monoisotopic (exact) mass is 355 g/mol. The van der Waals surface area contributed by atoms with Crippen LogP contribution in [0.25, 0.3) is 0 Å². The van der Waals surface area contributed by atoms with E-state index >= 15 is 0 Å². The predicted molar refractivity (Wildman–Crippen MR) is 99.2 cm³/mol. The van der Waals surface area contributed by atoms with Crippen molar-refractivity contribution in [2.45, 2.75) is 12.8 Å². The first-order chi connectivity index (χ1) is 12.6. The molecule has 0 atom stereocenters. The molecular formula is C20H25N3O3. The molecule has 0 N–H and O–H groups in total. The zero-order chi connectivity index (χ0) is 18.5. The molecule has 3 rings (SSSR count). The van der Waals surface area contributed by atoms with Crippen molar-refractivity contribution >= 4 is 11.8 Å². The first kappa shape index (κ1) is 18.0. The highest BCUT2D eigenvalue weighted by molar-refractivity contribution is 5.94. The van der Waals surface area contributed by atoms with Gasteiger partial charge in [-0.3, -0.25) is 9.59 Å². The van der Waals surface area contributed by atoms with Gasteiger partial charge < -0.3 is 19.1 Å². The molecule has 1 saturated heterocycles. The number of rotatable bonds is 4. The molecule has 0 spiro atoms. The molecule has 1 aliphatic rings. The van der Waals surface area contributed by atoms with E-state index in [1.807, 2.05) is 39.9 Å². The van der Waals surface area contributed by atoms with E-state index in [0.29, 0.717) is 38.2 Å². The number of methoxy groups -OCH3 is 1. The van der Waals surface area contributed by atoms with Gasteiger partial charge in [0.2, 0.25) is 5.91 Å². The number of hydrogen-bond acceptors (Lipinski definition) is 3. The van der Waals surface area contributed by atoms with Gasteiger partial charge in [0, 0.05) is 51.2 Å². The Morgan fingerprint density at radius 2 is 1.69 bits per heavy atom. The summed E-state index contributed by atoms with van der Waals surface area (Å²) in [4.78, 5) is 28.9. The lowest BCUT2D eigenvalue weighted by Crippen LogP contribution is -2.37. The number of aryl methyl sites for hydroxylation is 1. The van der Waals surface area contributed by atoms with E-state index in [2.05, 4.69) is 0 Å². The van der Waals surface area contributed by atoms with Crippen LogP contribution in [-0.4, -0.2) is 59.5 Å². The van der Waals surface area contributed by atoms with E-state index in [-0.39, 0.29) is 11.8 Å². The molecular weight excluding hydrogens is 330 g/mol. The van der Waals surface area contributed by atoms with Crippen molar-refractivity contribution in [2.75, 3.05) is 33.3 Å². The van der Waals surface area contributed by atoms with E-state index in [0.717, 1.165) is 17.7 Å². The Morgan fingerprint density at radius 3 is 2.35 bits per heavy atom. The second-order valence-electron chi connectivity index (χ2n) is 6.62. The van der Waals surface area contributed by atoms with E-state index in [1.54, 1.807) is 31.4 Å². The smallest absolute Gasteiger partial charge is 0.253 e. The molecule has 0 aliphatic carbocycles. The molecule has 1 aliphatic heterocycles. The van der Waals surface area contributed by atoms with E-state index in [9.17, 15) is 9.59 Å². The molecule has 0 bridgehead atoms. The summed E-state index contributed by atoms with van der Waals surface area (Å²) in [6.45, 7) is 2.50. The Morgan fingerprint density at radius 1 is 1.00 bits per heavy atom. The van der Waals surface area contributed by atoms with Crippen molar-refractivity contribution in [1.82, 2.24) is 14.4 Å². The van der Waals surface area contributed by atoms with Crippen LogP contribution in [0.4, 0.5) is 0 Å². The van der Waals surface area contributed by atoms with Crippen LogP contribution < -0.4 is 4.74 Å². The van der Waals surface area contributed by atoms with Gasteiger partial charge in [-0.1, -0.05) is 0 Å². The Hall–Kier alpha value is -2.76. The molecule has 6 nitrogen and oxygen atoms in total. The maximum Gasteiger partial charge on any atom is 0.253 e. The van der Waals surface area contributed by atoms with Crippen molar-refractivity contribution in [1.29, 1.82) is 0 Å². The summed E-state index contributed by atoms with van der Waals surface area (Å²) >= 11 is 0. The summed E-state index contributed by atoms with van der Waals surface area (Å²) in [6.07, 6.45) is 5.12. The van der Waals surface area contributed by atoms with E-state index in [4.69, 9.17) is 4.74 Å². The van der Waals surface area contributed by atoms with Crippen LogP contribution in [0.3, 0.4) is 0 Å². The van der Waals surface area contributed by atoms with Crippen molar-refractivity contribution in [3.05, 3.63) is 53.9 Å². The molecule has 2 aromatic rings. The minimum atomic E-state index is 0.00464. The van der Waals surface area contributed by atoms with Gasteiger partial charge in [0.05, 0.1) is 13.5 Å². The summed E-state index contributed by atoms with van der Waals surface area (Å²) < 4.78 is 7.08. The summed E-state index contributed by atoms with van der Waals surface area (Å²) in [5.41, 5.74) is 1.67. The first-order valence-corrected chi connectivity index (χ1v) is 8.89. The largest absolute Gasteiger partial charge is 0.497 e. The van der Waals surface area contributed by atoms with Gasteiger partial charge in [-0.2, -0.15) is 0 Å². The average molecular weight is 355 g/mol. The van der Waals surface area contributed by atoms with Gasteiger partial charge in [0.25, 0.3) is 5.91 Å². The number of aromatic nitrogens is 1. The third-order valence-corrected chi connectivity index (χ3v) is 4.72. The highest BCUT2D eigenvalue weighted by atomic mass is 16.5. The molecule has 0 radical (unpaired) electrons. The number of hydrogen-bond donors (Lipinski definition) is 0. The maximum absolute atomic E-state index is 12.7. The SMILES string of the molecule is COc1ccc(C(=O)N2CCCN(C(=O)Cc3ccn(C)c3)CC2)cc1. The van der Waals surface area contributed by atoms with Gasteiger partial charge in [0.1, 0.15) is 5.75 Å². The summed E-state index contributed by atoms with van der Waals surface area (Å²) in [5.74, 6) is 0.857. The lowest BCUT2D eigenvalue weighted by atomic mass is 10.2. The lowest BCUT2D eigenvalue weighted by molar-refractivity contribution is -0.130. The molecule has 6 heteroatoms. The van der Waals surface area contributed by atoms with Crippen LogP contribution in [0.2, 0.25) is 0 Å². The Kier molecular flexibility index (Phi) is 5.61. The summed E-state index contributed by atoms with van der Waals surface area (Å²) in [7, 11) is 3.55. The first-order valence-electron chi connectivity index (χ1n) is 8.89. The quantitative estimate of drug-likeness (QED) is 0.842. The van der Waals surface area contributed by atoms with Crippen LogP contribution in [0.15, 0.2) is 42.7 Å². The van der Waals surface area contributed by atoms with E-state index < -0.39 is 0 Å². The molecule has 2 heterocycles. The zero-order valence-corrected chi connectivity index (χ0v) is 15.4. The second-order valence-corrected chi connectivity index (χ2v) is 6.62. The van der Waals surface area contributed by atoms with Crippen molar-refractivity contribution < 1.29 is 14.3 Å². The summed E-state index contributed by atoms with van der Waals surface area (Å²) in [6, 6.07) is 9.12. The van der Waals surface area contributed by atoms with Gasteiger partial charge >= 0.3 is 0 Å². The second kappa shape index (κ2) is 8.08. The van der Waals surface area contributed by atoms with Crippen molar-refractivity contribution in [2.24, 2.45) is 7.05 Å². The predicted octanol–water partition coefficient (Wildman–Crippen LogP) is 1.95.